The van der Waals surface area contributed by atoms with Crippen LogP contribution in [0.4, 0.5) is 4.79 Å². The minimum absolute atomic E-state index is 0.0449. The summed E-state index contributed by atoms with van der Waals surface area (Å²) in [6, 6.07) is 7.41. The number of nitrogens with zero attached hydrogens (tertiary/aromatic N) is 2. The number of rotatable bonds is 8. The Bertz CT molecular complexity index is 575. The zero-order valence-electron chi connectivity index (χ0n) is 12.5. The summed E-state index contributed by atoms with van der Waals surface area (Å²) in [7, 11) is 0. The van der Waals surface area contributed by atoms with Crippen molar-refractivity contribution in [2.45, 2.75) is 12.5 Å². The van der Waals surface area contributed by atoms with E-state index in [1.54, 1.807) is 0 Å². The van der Waals surface area contributed by atoms with Gasteiger partial charge >= 0.3 is 6.03 Å². The van der Waals surface area contributed by atoms with E-state index in [9.17, 15) is 14.4 Å². The molecule has 0 bridgehead atoms. The van der Waals surface area contributed by atoms with Gasteiger partial charge in [-0.15, -0.1) is 0 Å². The molecule has 124 valence electrons. The topological polar surface area (TPSA) is 157 Å². The normalized spacial score (nSPS) is 11.9. The van der Waals surface area contributed by atoms with Crippen LogP contribution >= 0.6 is 0 Å². The van der Waals surface area contributed by atoms with Gasteiger partial charge in [0.1, 0.15) is 6.04 Å². The van der Waals surface area contributed by atoms with Crippen LogP contribution in [-0.2, 0) is 16.0 Å². The Labute approximate surface area is 133 Å². The van der Waals surface area contributed by atoms with Gasteiger partial charge in [-0.3, -0.25) is 9.59 Å². The third-order valence-corrected chi connectivity index (χ3v) is 3.02. The molecule has 1 atom stereocenters. The summed E-state index contributed by atoms with van der Waals surface area (Å²) in [5.74, 6) is -1.12. The molecule has 7 N–H and O–H groups in total. The van der Waals surface area contributed by atoms with Crippen molar-refractivity contribution in [3.05, 3.63) is 35.9 Å². The van der Waals surface area contributed by atoms with Gasteiger partial charge in [-0.05, 0) is 5.56 Å². The average Bonchev–Trinajstić information content (AvgIpc) is 2.53. The SMILES string of the molecule is NCC(=O)N(CC=NNC(N)=O)[C@@H](Cc1ccccc1)C(N)=O. The van der Waals surface area contributed by atoms with E-state index in [1.807, 2.05) is 35.8 Å². The van der Waals surface area contributed by atoms with Crippen LogP contribution in [0, 0.1) is 0 Å². The molecule has 0 aliphatic rings. The number of nitrogens with two attached hydrogens (primary N) is 3. The Morgan fingerprint density at radius 3 is 2.39 bits per heavy atom. The highest BCUT2D eigenvalue weighted by Gasteiger charge is 2.27. The van der Waals surface area contributed by atoms with E-state index in [4.69, 9.17) is 17.2 Å². The molecular formula is C14H20N6O3. The number of amides is 4. The van der Waals surface area contributed by atoms with Gasteiger partial charge in [-0.2, -0.15) is 5.10 Å². The molecule has 0 saturated carbocycles. The number of hydrogen-bond donors (Lipinski definition) is 4. The molecule has 1 aromatic rings. The van der Waals surface area contributed by atoms with Crippen LogP contribution in [0.3, 0.4) is 0 Å². The number of hydrazone groups is 1. The van der Waals surface area contributed by atoms with Gasteiger partial charge in [0.25, 0.3) is 0 Å². The molecular weight excluding hydrogens is 300 g/mol. The smallest absolute Gasteiger partial charge is 0.332 e. The molecule has 0 fully saturated rings. The van der Waals surface area contributed by atoms with Crippen molar-refractivity contribution >= 4 is 24.1 Å². The van der Waals surface area contributed by atoms with Crippen LogP contribution in [0.25, 0.3) is 0 Å². The summed E-state index contributed by atoms with van der Waals surface area (Å²) in [6.45, 7) is -0.327. The second-order valence-corrected chi connectivity index (χ2v) is 4.65. The second kappa shape index (κ2) is 9.15. The van der Waals surface area contributed by atoms with E-state index in [-0.39, 0.29) is 19.5 Å². The zero-order valence-corrected chi connectivity index (χ0v) is 12.5. The fourth-order valence-corrected chi connectivity index (χ4v) is 1.96. The van der Waals surface area contributed by atoms with Crippen molar-refractivity contribution in [3.8, 4) is 0 Å². The highest BCUT2D eigenvalue weighted by Crippen LogP contribution is 2.09. The molecule has 0 heterocycles. The summed E-state index contributed by atoms with van der Waals surface area (Å²) in [5.41, 5.74) is 18.5. The summed E-state index contributed by atoms with van der Waals surface area (Å²) in [4.78, 5) is 35.5. The lowest BCUT2D eigenvalue weighted by Crippen LogP contribution is -2.51. The first-order chi connectivity index (χ1) is 11.0. The summed E-state index contributed by atoms with van der Waals surface area (Å²) in [5, 5.41) is 3.54. The number of hydrogen-bond acceptors (Lipinski definition) is 5. The van der Waals surface area contributed by atoms with E-state index in [0.29, 0.717) is 0 Å². The standard InChI is InChI=1S/C14H20N6O3/c15-9-12(21)20(7-6-18-19-14(17)23)11(13(16)22)8-10-4-2-1-3-5-10/h1-6,11H,7-9,15H2,(H2,16,22)(H3,17,19,23)/t11-/m0/s1. The van der Waals surface area contributed by atoms with Crippen LogP contribution in [0.1, 0.15) is 5.56 Å². The Morgan fingerprint density at radius 1 is 1.22 bits per heavy atom. The van der Waals surface area contributed by atoms with E-state index in [2.05, 4.69) is 5.10 Å². The van der Waals surface area contributed by atoms with Crippen LogP contribution in [0.15, 0.2) is 35.4 Å². The van der Waals surface area contributed by atoms with Crippen molar-refractivity contribution in [3.63, 3.8) is 0 Å². The first-order valence-corrected chi connectivity index (χ1v) is 6.85. The molecule has 0 spiro atoms. The molecule has 0 unspecified atom stereocenters. The molecule has 23 heavy (non-hydrogen) atoms. The lowest BCUT2D eigenvalue weighted by Gasteiger charge is -2.28. The van der Waals surface area contributed by atoms with E-state index < -0.39 is 23.9 Å². The van der Waals surface area contributed by atoms with Crippen LogP contribution in [-0.4, -0.2) is 48.1 Å². The molecule has 1 rings (SSSR count). The number of carbonyl (C=O) groups excluding carboxylic acids is 3. The zero-order chi connectivity index (χ0) is 17.2. The minimum Gasteiger partial charge on any atom is -0.368 e. The molecule has 0 aliphatic heterocycles. The largest absolute Gasteiger partial charge is 0.368 e. The number of nitrogens with one attached hydrogen (secondary N) is 1. The summed E-state index contributed by atoms with van der Waals surface area (Å²) >= 11 is 0. The van der Waals surface area contributed by atoms with E-state index in [1.165, 1.54) is 11.1 Å². The third-order valence-electron chi connectivity index (χ3n) is 3.02. The Morgan fingerprint density at radius 2 is 1.87 bits per heavy atom. The molecule has 9 nitrogen and oxygen atoms in total. The second-order valence-electron chi connectivity index (χ2n) is 4.65. The van der Waals surface area contributed by atoms with E-state index >= 15 is 0 Å². The van der Waals surface area contributed by atoms with Gasteiger partial charge in [0.05, 0.1) is 13.1 Å². The summed E-state index contributed by atoms with van der Waals surface area (Å²) in [6.07, 6.45) is 1.48. The maximum absolute atomic E-state index is 12.0. The highest BCUT2D eigenvalue weighted by atomic mass is 16.2. The van der Waals surface area contributed by atoms with Crippen LogP contribution in [0.2, 0.25) is 0 Å². The first kappa shape index (κ1) is 18.1. The number of urea groups is 1. The molecule has 0 aliphatic carbocycles. The molecule has 0 radical (unpaired) electrons. The maximum atomic E-state index is 12.0. The van der Waals surface area contributed by atoms with Crippen molar-refractivity contribution in [1.29, 1.82) is 0 Å². The highest BCUT2D eigenvalue weighted by molar-refractivity contribution is 5.89. The van der Waals surface area contributed by atoms with E-state index in [0.717, 1.165) is 5.56 Å². The molecule has 0 aromatic heterocycles. The predicted molar refractivity (Wildman–Crippen MR) is 85.1 cm³/mol. The van der Waals surface area contributed by atoms with Crippen molar-refractivity contribution in [1.82, 2.24) is 10.3 Å². The fourth-order valence-electron chi connectivity index (χ4n) is 1.96. The lowest BCUT2D eigenvalue weighted by molar-refractivity contribution is -0.137. The van der Waals surface area contributed by atoms with Crippen molar-refractivity contribution in [2.24, 2.45) is 22.3 Å². The van der Waals surface area contributed by atoms with Gasteiger partial charge < -0.3 is 22.1 Å². The van der Waals surface area contributed by atoms with Gasteiger partial charge in [-0.1, -0.05) is 30.3 Å². The van der Waals surface area contributed by atoms with Crippen molar-refractivity contribution < 1.29 is 14.4 Å². The van der Waals surface area contributed by atoms with Crippen molar-refractivity contribution in [2.75, 3.05) is 13.1 Å². The van der Waals surface area contributed by atoms with Gasteiger partial charge in [0, 0.05) is 12.6 Å². The number of carbonyl (C=O) groups is 3. The third kappa shape index (κ3) is 6.14. The van der Waals surface area contributed by atoms with Crippen LogP contribution in [0.5, 0.6) is 0 Å². The summed E-state index contributed by atoms with van der Waals surface area (Å²) < 4.78 is 0. The number of primary amides is 2. The van der Waals surface area contributed by atoms with Gasteiger partial charge in [0.15, 0.2) is 0 Å². The maximum Gasteiger partial charge on any atom is 0.332 e. The monoisotopic (exact) mass is 320 g/mol. The average molecular weight is 320 g/mol. The predicted octanol–water partition coefficient (Wildman–Crippen LogP) is -1.48. The van der Waals surface area contributed by atoms with Crippen LogP contribution < -0.4 is 22.6 Å². The molecule has 9 heteroatoms. The Balaban J connectivity index is 2.90. The fraction of sp³-hybridized carbons (Fsp3) is 0.286. The Kier molecular flexibility index (Phi) is 7.21. The van der Waals surface area contributed by atoms with Gasteiger partial charge in [-0.25, -0.2) is 10.2 Å². The first-order valence-electron chi connectivity index (χ1n) is 6.85. The minimum atomic E-state index is -0.881. The quantitative estimate of drug-likeness (QED) is 0.340. The molecule has 0 saturated heterocycles. The Hall–Kier alpha value is -2.94. The molecule has 1 aromatic carbocycles. The van der Waals surface area contributed by atoms with Gasteiger partial charge in [0.2, 0.25) is 11.8 Å². The molecule has 4 amide bonds. The number of benzene rings is 1. The lowest BCUT2D eigenvalue weighted by atomic mass is 10.0.